The number of nitrogens with one attached hydrogen (secondary N) is 2. The summed E-state index contributed by atoms with van der Waals surface area (Å²) >= 11 is 12.7. The van der Waals surface area contributed by atoms with E-state index >= 15 is 0 Å². The predicted octanol–water partition coefficient (Wildman–Crippen LogP) is 5.56. The molecular weight excluding hydrogens is 590 g/mol. The number of carbonyl (C=O) groups is 1. The second-order valence-corrected chi connectivity index (χ2v) is 11.6. The number of hydrogen-bond donors (Lipinski definition) is 2. The first kappa shape index (κ1) is 30.6. The van der Waals surface area contributed by atoms with Gasteiger partial charge in [-0.05, 0) is 43.0 Å². The fraction of sp³-hybridized carbons (Fsp3) is 0.483. The smallest absolute Gasteiger partial charge is 0.353 e. The fourth-order valence-corrected chi connectivity index (χ4v) is 6.47. The molecule has 1 aromatic carbocycles. The number of alkyl halides is 3. The van der Waals surface area contributed by atoms with E-state index < -0.39 is 24.7 Å². The number of amides is 1. The van der Waals surface area contributed by atoms with Crippen LogP contribution in [0.25, 0.3) is 11.4 Å². The minimum atomic E-state index is -4.48. The molecule has 5 rings (SSSR count). The van der Waals surface area contributed by atoms with Crippen LogP contribution in [0.1, 0.15) is 37.8 Å². The van der Waals surface area contributed by atoms with E-state index in [4.69, 9.17) is 23.2 Å². The van der Waals surface area contributed by atoms with Gasteiger partial charge in [0.1, 0.15) is 24.2 Å². The standard InChI is InChI=1S/C29H34Cl2F3N7O/c1-2-22-17-40(27-24(31)15-20(16-37-27)26-35-9-10-36-26)13-14-41(22)23-7-11-39(12-8-23)25(19-3-5-21(30)6-4-19)28(42)38-18-29(32,33)34/h3-6,9-10,15-16,22-23,25H,2,7-8,11-14,17-18H2,1H3,(H,35,36)(H,38,42)/t22-,25-/m0/s1. The monoisotopic (exact) mass is 623 g/mol. The largest absolute Gasteiger partial charge is 0.405 e. The number of piperazine rings is 1. The van der Waals surface area contributed by atoms with Crippen molar-refractivity contribution in [3.8, 4) is 11.4 Å². The lowest BCUT2D eigenvalue weighted by molar-refractivity contribution is -0.142. The first-order chi connectivity index (χ1) is 20.1. The summed E-state index contributed by atoms with van der Waals surface area (Å²) in [7, 11) is 0. The molecule has 0 spiro atoms. The second kappa shape index (κ2) is 13.2. The highest BCUT2D eigenvalue weighted by atomic mass is 35.5. The van der Waals surface area contributed by atoms with Crippen molar-refractivity contribution in [1.29, 1.82) is 0 Å². The van der Waals surface area contributed by atoms with E-state index in [0.717, 1.165) is 56.1 Å². The molecule has 42 heavy (non-hydrogen) atoms. The molecule has 0 saturated carbocycles. The van der Waals surface area contributed by atoms with E-state index in [1.54, 1.807) is 42.9 Å². The van der Waals surface area contributed by atoms with Crippen LogP contribution in [0.5, 0.6) is 0 Å². The summed E-state index contributed by atoms with van der Waals surface area (Å²) in [5.74, 6) is 0.820. The van der Waals surface area contributed by atoms with Gasteiger partial charge in [-0.3, -0.25) is 14.6 Å². The summed E-state index contributed by atoms with van der Waals surface area (Å²) in [5.41, 5.74) is 1.45. The number of aromatic nitrogens is 3. The van der Waals surface area contributed by atoms with E-state index in [0.29, 0.717) is 40.8 Å². The summed E-state index contributed by atoms with van der Waals surface area (Å²) in [6.07, 6.45) is 3.32. The molecule has 8 nitrogen and oxygen atoms in total. The van der Waals surface area contributed by atoms with E-state index in [-0.39, 0.29) is 0 Å². The van der Waals surface area contributed by atoms with Gasteiger partial charge in [-0.1, -0.05) is 42.3 Å². The van der Waals surface area contributed by atoms with Crippen molar-refractivity contribution in [3.63, 3.8) is 0 Å². The van der Waals surface area contributed by atoms with Crippen molar-refractivity contribution in [2.24, 2.45) is 0 Å². The van der Waals surface area contributed by atoms with Crippen LogP contribution < -0.4 is 10.2 Å². The number of carbonyl (C=O) groups excluding carboxylic acids is 1. The summed E-state index contributed by atoms with van der Waals surface area (Å²) in [6, 6.07) is 8.39. The predicted molar refractivity (Wildman–Crippen MR) is 158 cm³/mol. The third kappa shape index (κ3) is 7.19. The molecule has 2 fully saturated rings. The molecule has 0 unspecified atom stereocenters. The summed E-state index contributed by atoms with van der Waals surface area (Å²) in [5, 5.41) is 3.17. The van der Waals surface area contributed by atoms with Crippen LogP contribution in [0, 0.1) is 0 Å². The molecule has 226 valence electrons. The summed E-state index contributed by atoms with van der Waals surface area (Å²) < 4.78 is 38.6. The summed E-state index contributed by atoms with van der Waals surface area (Å²) in [4.78, 5) is 31.8. The molecule has 2 aromatic heterocycles. The van der Waals surface area contributed by atoms with Crippen LogP contribution in [0.15, 0.2) is 48.9 Å². The number of benzene rings is 1. The Balaban J connectivity index is 1.23. The van der Waals surface area contributed by atoms with Gasteiger partial charge in [0.15, 0.2) is 0 Å². The fourth-order valence-electron chi connectivity index (χ4n) is 6.05. The molecule has 2 aliphatic rings. The highest BCUT2D eigenvalue weighted by Gasteiger charge is 2.38. The molecule has 0 bridgehead atoms. The first-order valence-corrected chi connectivity index (χ1v) is 14.9. The topological polar surface area (TPSA) is 80.4 Å². The van der Waals surface area contributed by atoms with Crippen LogP contribution in [0.4, 0.5) is 19.0 Å². The van der Waals surface area contributed by atoms with Gasteiger partial charge in [-0.15, -0.1) is 0 Å². The van der Waals surface area contributed by atoms with Crippen LogP contribution in [-0.2, 0) is 4.79 Å². The van der Waals surface area contributed by atoms with Gasteiger partial charge >= 0.3 is 6.18 Å². The number of H-pyrrole nitrogens is 1. The highest BCUT2D eigenvalue weighted by Crippen LogP contribution is 2.33. The lowest BCUT2D eigenvalue weighted by Gasteiger charge is -2.48. The zero-order valence-electron chi connectivity index (χ0n) is 23.2. The number of likely N-dealkylation sites (tertiary alicyclic amines) is 1. The normalized spacial score (nSPS) is 20.0. The molecule has 3 aromatic rings. The Morgan fingerprint density at radius 3 is 2.48 bits per heavy atom. The number of hydrogen-bond acceptors (Lipinski definition) is 6. The quantitative estimate of drug-likeness (QED) is 0.342. The number of aromatic amines is 1. The van der Waals surface area contributed by atoms with Crippen molar-refractivity contribution in [1.82, 2.24) is 30.1 Å². The minimum absolute atomic E-state index is 0.292. The van der Waals surface area contributed by atoms with Crippen molar-refractivity contribution in [2.45, 2.75) is 50.5 Å². The number of halogens is 5. The molecule has 13 heteroatoms. The van der Waals surface area contributed by atoms with Gasteiger partial charge in [0, 0.05) is 74.0 Å². The highest BCUT2D eigenvalue weighted by molar-refractivity contribution is 6.33. The number of anilines is 1. The Labute approximate surface area is 253 Å². The van der Waals surface area contributed by atoms with Gasteiger partial charge in [0.25, 0.3) is 0 Å². The van der Waals surface area contributed by atoms with Crippen LogP contribution in [0.3, 0.4) is 0 Å². The SMILES string of the molecule is CC[C@H]1CN(c2ncc(-c3ncc[nH]3)cc2Cl)CCN1C1CCN([C@H](C(=O)NCC(F)(F)F)c2ccc(Cl)cc2)CC1. The van der Waals surface area contributed by atoms with E-state index in [1.807, 2.05) is 11.0 Å². The molecule has 4 heterocycles. The van der Waals surface area contributed by atoms with Crippen LogP contribution in [-0.4, -0.2) is 88.2 Å². The summed E-state index contributed by atoms with van der Waals surface area (Å²) in [6.45, 7) is 4.40. The van der Waals surface area contributed by atoms with Crippen LogP contribution >= 0.6 is 23.2 Å². The average molecular weight is 625 g/mol. The van der Waals surface area contributed by atoms with Crippen molar-refractivity contribution in [3.05, 3.63) is 64.5 Å². The Bertz CT molecular complexity index is 1330. The number of imidazole rings is 1. The number of piperidine rings is 1. The van der Waals surface area contributed by atoms with Crippen LogP contribution in [0.2, 0.25) is 10.0 Å². The third-order valence-corrected chi connectivity index (χ3v) is 8.65. The van der Waals surface area contributed by atoms with Crippen molar-refractivity contribution in [2.75, 3.05) is 44.2 Å². The van der Waals surface area contributed by atoms with E-state index in [1.165, 1.54) is 0 Å². The zero-order valence-corrected chi connectivity index (χ0v) is 24.8. The van der Waals surface area contributed by atoms with E-state index in [9.17, 15) is 18.0 Å². The Morgan fingerprint density at radius 1 is 1.12 bits per heavy atom. The third-order valence-electron chi connectivity index (χ3n) is 8.12. The average Bonchev–Trinajstić information content (AvgIpc) is 3.52. The first-order valence-electron chi connectivity index (χ1n) is 14.1. The lowest BCUT2D eigenvalue weighted by Crippen LogP contribution is -2.59. The van der Waals surface area contributed by atoms with Gasteiger partial charge in [-0.25, -0.2) is 9.97 Å². The van der Waals surface area contributed by atoms with Gasteiger partial charge < -0.3 is 15.2 Å². The molecule has 2 N–H and O–H groups in total. The number of rotatable bonds is 8. The van der Waals surface area contributed by atoms with Crippen molar-refractivity contribution >= 4 is 34.9 Å². The molecule has 2 atom stereocenters. The maximum atomic E-state index is 13.0. The van der Waals surface area contributed by atoms with Crippen molar-refractivity contribution < 1.29 is 18.0 Å². The van der Waals surface area contributed by atoms with E-state index in [2.05, 4.69) is 37.0 Å². The molecule has 1 amide bonds. The Hall–Kier alpha value is -2.86. The molecule has 0 aliphatic carbocycles. The van der Waals surface area contributed by atoms with Gasteiger partial charge in [0.2, 0.25) is 5.91 Å². The zero-order chi connectivity index (χ0) is 29.9. The van der Waals surface area contributed by atoms with Gasteiger partial charge in [0.05, 0.1) is 5.02 Å². The second-order valence-electron chi connectivity index (χ2n) is 10.8. The molecular formula is C29H34Cl2F3N7O. The maximum absolute atomic E-state index is 13.0. The lowest BCUT2D eigenvalue weighted by atomic mass is 9.95. The molecule has 0 radical (unpaired) electrons. The minimum Gasteiger partial charge on any atom is -0.353 e. The Morgan fingerprint density at radius 2 is 1.86 bits per heavy atom. The maximum Gasteiger partial charge on any atom is 0.405 e. The molecule has 2 aliphatic heterocycles. The van der Waals surface area contributed by atoms with Gasteiger partial charge in [-0.2, -0.15) is 13.2 Å². The molecule has 2 saturated heterocycles. The Kier molecular flexibility index (Phi) is 9.61. The number of nitrogens with zero attached hydrogens (tertiary/aromatic N) is 5. The number of pyridine rings is 1.